The fourth-order valence-electron chi connectivity index (χ4n) is 2.54. The highest BCUT2D eigenvalue weighted by molar-refractivity contribution is 9.10. The molecule has 1 aliphatic rings. The second-order valence-electron chi connectivity index (χ2n) is 6.10. The van der Waals surface area contributed by atoms with Crippen LogP contribution in [0.15, 0.2) is 22.7 Å². The molecule has 0 radical (unpaired) electrons. The van der Waals surface area contributed by atoms with Gasteiger partial charge >= 0.3 is 0 Å². The second-order valence-corrected chi connectivity index (χ2v) is 6.89. The molecular weight excluding hydrogens is 305 g/mol. The van der Waals surface area contributed by atoms with Crippen molar-refractivity contribution in [2.75, 3.05) is 6.54 Å². The molecule has 19 heavy (non-hydrogen) atoms. The molecule has 2 rings (SSSR count). The first-order chi connectivity index (χ1) is 9.06. The van der Waals surface area contributed by atoms with Gasteiger partial charge in [-0.2, -0.15) is 0 Å². The van der Waals surface area contributed by atoms with Crippen LogP contribution in [0.25, 0.3) is 0 Å². The predicted molar refractivity (Wildman–Crippen MR) is 81.8 cm³/mol. The molecular formula is C16H23BrFN. The maximum absolute atomic E-state index is 13.6. The van der Waals surface area contributed by atoms with Gasteiger partial charge in [0.05, 0.1) is 4.47 Å². The number of halogens is 2. The third-order valence-electron chi connectivity index (χ3n) is 3.62. The lowest BCUT2D eigenvalue weighted by molar-refractivity contribution is 0.383. The van der Waals surface area contributed by atoms with Crippen molar-refractivity contribution in [3.05, 3.63) is 34.1 Å². The Bertz CT molecular complexity index is 415. The molecule has 1 unspecified atom stereocenters. The van der Waals surface area contributed by atoms with Gasteiger partial charge in [-0.25, -0.2) is 4.39 Å². The summed E-state index contributed by atoms with van der Waals surface area (Å²) in [5.74, 6) is 1.10. The van der Waals surface area contributed by atoms with E-state index in [-0.39, 0.29) is 5.82 Å². The fraction of sp³-hybridized carbons (Fsp3) is 0.625. The number of nitrogens with one attached hydrogen (secondary N) is 1. The van der Waals surface area contributed by atoms with E-state index in [1.807, 2.05) is 6.07 Å². The number of rotatable bonds is 7. The van der Waals surface area contributed by atoms with Gasteiger partial charge in [0.15, 0.2) is 0 Å². The Morgan fingerprint density at radius 1 is 1.37 bits per heavy atom. The van der Waals surface area contributed by atoms with E-state index in [2.05, 4.69) is 35.1 Å². The maximum Gasteiger partial charge on any atom is 0.137 e. The lowest BCUT2D eigenvalue weighted by Crippen LogP contribution is -2.27. The summed E-state index contributed by atoms with van der Waals surface area (Å²) in [4.78, 5) is 0. The van der Waals surface area contributed by atoms with Crippen LogP contribution in [-0.4, -0.2) is 12.6 Å². The molecule has 1 fully saturated rings. The van der Waals surface area contributed by atoms with Crippen LogP contribution in [0, 0.1) is 17.7 Å². The molecule has 1 atom stereocenters. The summed E-state index contributed by atoms with van der Waals surface area (Å²) in [7, 11) is 0. The summed E-state index contributed by atoms with van der Waals surface area (Å²) in [6.07, 6.45) is 4.76. The molecule has 0 aliphatic heterocycles. The van der Waals surface area contributed by atoms with Crippen molar-refractivity contribution in [2.45, 2.75) is 45.6 Å². The van der Waals surface area contributed by atoms with Crippen LogP contribution < -0.4 is 5.32 Å². The SMILES string of the molecule is CC(C)CC(CNC1CC1)Cc1cccc(F)c1Br. The summed E-state index contributed by atoms with van der Waals surface area (Å²) in [6.45, 7) is 5.56. The molecule has 1 aromatic rings. The Hall–Kier alpha value is -0.410. The number of benzene rings is 1. The highest BCUT2D eigenvalue weighted by Gasteiger charge is 2.22. The molecule has 0 spiro atoms. The van der Waals surface area contributed by atoms with Gasteiger partial charge in [0.2, 0.25) is 0 Å². The van der Waals surface area contributed by atoms with Crippen molar-refractivity contribution in [3.8, 4) is 0 Å². The summed E-state index contributed by atoms with van der Waals surface area (Å²) in [5, 5.41) is 3.61. The van der Waals surface area contributed by atoms with Crippen molar-refractivity contribution >= 4 is 15.9 Å². The number of hydrogen-bond acceptors (Lipinski definition) is 1. The minimum Gasteiger partial charge on any atom is -0.314 e. The zero-order valence-electron chi connectivity index (χ0n) is 11.8. The van der Waals surface area contributed by atoms with Gasteiger partial charge in [-0.05, 0) is 71.6 Å². The lowest BCUT2D eigenvalue weighted by atomic mass is 9.91. The van der Waals surface area contributed by atoms with Crippen molar-refractivity contribution in [2.24, 2.45) is 11.8 Å². The van der Waals surface area contributed by atoms with E-state index >= 15 is 0 Å². The Kier molecular flexibility index (Phi) is 5.40. The van der Waals surface area contributed by atoms with Crippen LogP contribution in [0.1, 0.15) is 38.7 Å². The zero-order valence-corrected chi connectivity index (χ0v) is 13.3. The molecule has 0 aromatic heterocycles. The highest BCUT2D eigenvalue weighted by atomic mass is 79.9. The highest BCUT2D eigenvalue weighted by Crippen LogP contribution is 2.26. The van der Waals surface area contributed by atoms with E-state index in [9.17, 15) is 4.39 Å². The smallest absolute Gasteiger partial charge is 0.137 e. The maximum atomic E-state index is 13.6. The van der Waals surface area contributed by atoms with Crippen molar-refractivity contribution in [3.63, 3.8) is 0 Å². The van der Waals surface area contributed by atoms with Gasteiger partial charge in [-0.3, -0.25) is 0 Å². The third-order valence-corrected chi connectivity index (χ3v) is 4.51. The minimum atomic E-state index is -0.157. The van der Waals surface area contributed by atoms with Crippen LogP contribution in [0.2, 0.25) is 0 Å². The van der Waals surface area contributed by atoms with Gasteiger partial charge in [0, 0.05) is 6.04 Å². The van der Waals surface area contributed by atoms with Gasteiger partial charge in [0.25, 0.3) is 0 Å². The Labute approximate surface area is 124 Å². The molecule has 0 saturated heterocycles. The van der Waals surface area contributed by atoms with Crippen molar-refractivity contribution in [1.29, 1.82) is 0 Å². The molecule has 0 amide bonds. The Morgan fingerprint density at radius 2 is 2.11 bits per heavy atom. The normalized spacial score (nSPS) is 16.9. The first kappa shape index (κ1) is 15.0. The molecule has 1 saturated carbocycles. The zero-order chi connectivity index (χ0) is 13.8. The molecule has 1 nitrogen and oxygen atoms in total. The lowest BCUT2D eigenvalue weighted by Gasteiger charge is -2.20. The predicted octanol–water partition coefficient (Wildman–Crippen LogP) is 4.55. The van der Waals surface area contributed by atoms with Crippen molar-refractivity contribution < 1.29 is 4.39 Å². The largest absolute Gasteiger partial charge is 0.314 e. The summed E-state index contributed by atoms with van der Waals surface area (Å²) < 4.78 is 14.2. The molecule has 1 aliphatic carbocycles. The minimum absolute atomic E-state index is 0.157. The first-order valence-corrected chi connectivity index (χ1v) is 8.01. The van der Waals surface area contributed by atoms with Crippen LogP contribution in [0.5, 0.6) is 0 Å². The van der Waals surface area contributed by atoms with Crippen LogP contribution in [-0.2, 0) is 6.42 Å². The van der Waals surface area contributed by atoms with E-state index < -0.39 is 0 Å². The van der Waals surface area contributed by atoms with E-state index in [1.165, 1.54) is 25.3 Å². The first-order valence-electron chi connectivity index (χ1n) is 7.22. The fourth-order valence-corrected chi connectivity index (χ4v) is 2.97. The standard InChI is InChI=1S/C16H23BrFN/c1-11(2)8-12(10-19-14-6-7-14)9-13-4-3-5-15(18)16(13)17/h3-5,11-12,14,19H,6-10H2,1-2H3. The van der Waals surface area contributed by atoms with Crippen LogP contribution in [0.3, 0.4) is 0 Å². The average Bonchev–Trinajstić information content (AvgIpc) is 3.15. The molecule has 1 N–H and O–H groups in total. The molecule has 1 aromatic carbocycles. The van der Waals surface area contributed by atoms with Crippen LogP contribution in [0.4, 0.5) is 4.39 Å². The molecule has 0 bridgehead atoms. The summed E-state index contributed by atoms with van der Waals surface area (Å²) in [5.41, 5.74) is 1.09. The summed E-state index contributed by atoms with van der Waals surface area (Å²) in [6, 6.07) is 6.08. The Balaban J connectivity index is 1.98. The summed E-state index contributed by atoms with van der Waals surface area (Å²) >= 11 is 3.37. The number of hydrogen-bond donors (Lipinski definition) is 1. The monoisotopic (exact) mass is 327 g/mol. The molecule has 0 heterocycles. The average molecular weight is 328 g/mol. The van der Waals surface area contributed by atoms with Gasteiger partial charge in [-0.1, -0.05) is 26.0 Å². The van der Waals surface area contributed by atoms with Crippen molar-refractivity contribution in [1.82, 2.24) is 5.32 Å². The van der Waals surface area contributed by atoms with E-state index in [4.69, 9.17) is 0 Å². The molecule has 3 heteroatoms. The van der Waals surface area contributed by atoms with Gasteiger partial charge in [-0.15, -0.1) is 0 Å². The van der Waals surface area contributed by atoms with Crippen LogP contribution >= 0.6 is 15.9 Å². The second kappa shape index (κ2) is 6.85. The van der Waals surface area contributed by atoms with E-state index in [0.29, 0.717) is 16.3 Å². The topological polar surface area (TPSA) is 12.0 Å². The van der Waals surface area contributed by atoms with E-state index in [0.717, 1.165) is 24.6 Å². The third kappa shape index (κ3) is 4.88. The van der Waals surface area contributed by atoms with E-state index in [1.54, 1.807) is 6.07 Å². The quantitative estimate of drug-likeness (QED) is 0.774. The van der Waals surface area contributed by atoms with Gasteiger partial charge in [0.1, 0.15) is 5.82 Å². The Morgan fingerprint density at radius 3 is 2.74 bits per heavy atom. The van der Waals surface area contributed by atoms with Gasteiger partial charge < -0.3 is 5.32 Å². The molecule has 106 valence electrons.